The zero-order valence-corrected chi connectivity index (χ0v) is 13.4. The summed E-state index contributed by atoms with van der Waals surface area (Å²) in [7, 11) is 0. The molecule has 2 heterocycles. The average molecular weight is 303 g/mol. The van der Waals surface area contributed by atoms with Crippen molar-refractivity contribution in [2.24, 2.45) is 0 Å². The maximum absolute atomic E-state index is 4.72. The second-order valence-electron chi connectivity index (χ2n) is 6.96. The lowest BCUT2D eigenvalue weighted by Gasteiger charge is -2.44. The van der Waals surface area contributed by atoms with Gasteiger partial charge in [0.1, 0.15) is 5.82 Å². The van der Waals surface area contributed by atoms with E-state index in [1.807, 2.05) is 0 Å². The van der Waals surface area contributed by atoms with Crippen molar-refractivity contribution in [1.82, 2.24) is 14.5 Å². The number of aromatic nitrogens is 2. The van der Waals surface area contributed by atoms with Crippen LogP contribution in [0.5, 0.6) is 0 Å². The highest BCUT2D eigenvalue weighted by Gasteiger charge is 2.37. The van der Waals surface area contributed by atoms with Crippen LogP contribution in [0, 0.1) is 6.92 Å². The lowest BCUT2D eigenvalue weighted by atomic mass is 10.0. The number of aryl methyl sites for hydroxylation is 1. The third-order valence-electron chi connectivity index (χ3n) is 5.57. The van der Waals surface area contributed by atoms with E-state index >= 15 is 0 Å². The standard InChI is InChI=1S/C20H21N3/c1-14-21-19-8-4-5-9-20(19)23(14)18-12-22(13-18)17-10-15-6-2-3-7-16(15)11-17/h2-9,17-18H,10-13H2,1H3. The van der Waals surface area contributed by atoms with Crippen molar-refractivity contribution < 1.29 is 0 Å². The molecule has 1 saturated heterocycles. The maximum Gasteiger partial charge on any atom is 0.107 e. The molecule has 1 fully saturated rings. The summed E-state index contributed by atoms with van der Waals surface area (Å²) in [5, 5.41) is 0. The molecule has 0 bridgehead atoms. The molecule has 0 atom stereocenters. The molecule has 0 amide bonds. The normalized spacial score (nSPS) is 19.2. The topological polar surface area (TPSA) is 21.1 Å². The highest BCUT2D eigenvalue weighted by molar-refractivity contribution is 5.76. The molecule has 1 aliphatic heterocycles. The van der Waals surface area contributed by atoms with Gasteiger partial charge in [-0.2, -0.15) is 0 Å². The fourth-order valence-corrected chi connectivity index (χ4v) is 4.37. The van der Waals surface area contributed by atoms with Gasteiger partial charge in [0.25, 0.3) is 0 Å². The van der Waals surface area contributed by atoms with Gasteiger partial charge in [0.2, 0.25) is 0 Å². The number of likely N-dealkylation sites (tertiary alicyclic amines) is 1. The summed E-state index contributed by atoms with van der Waals surface area (Å²) in [4.78, 5) is 7.37. The van der Waals surface area contributed by atoms with Crippen molar-refractivity contribution in [3.63, 3.8) is 0 Å². The highest BCUT2D eigenvalue weighted by atomic mass is 15.3. The van der Waals surface area contributed by atoms with E-state index in [1.54, 1.807) is 11.1 Å². The first-order valence-corrected chi connectivity index (χ1v) is 8.54. The molecule has 1 aliphatic carbocycles. The van der Waals surface area contributed by atoms with Crippen LogP contribution in [-0.4, -0.2) is 33.6 Å². The summed E-state index contributed by atoms with van der Waals surface area (Å²) in [6.07, 6.45) is 2.43. The summed E-state index contributed by atoms with van der Waals surface area (Å²) in [6, 6.07) is 18.7. The van der Waals surface area contributed by atoms with Gasteiger partial charge in [0.05, 0.1) is 17.1 Å². The van der Waals surface area contributed by atoms with Crippen molar-refractivity contribution in [1.29, 1.82) is 0 Å². The molecule has 3 nitrogen and oxygen atoms in total. The van der Waals surface area contributed by atoms with Crippen LogP contribution < -0.4 is 0 Å². The monoisotopic (exact) mass is 303 g/mol. The van der Waals surface area contributed by atoms with Crippen molar-refractivity contribution in [2.75, 3.05) is 13.1 Å². The van der Waals surface area contributed by atoms with Gasteiger partial charge in [-0.25, -0.2) is 4.98 Å². The Morgan fingerprint density at radius 2 is 1.52 bits per heavy atom. The number of imidazole rings is 1. The van der Waals surface area contributed by atoms with E-state index in [4.69, 9.17) is 4.98 Å². The summed E-state index contributed by atoms with van der Waals surface area (Å²) < 4.78 is 2.44. The van der Waals surface area contributed by atoms with Crippen molar-refractivity contribution >= 4 is 11.0 Å². The highest BCUT2D eigenvalue weighted by Crippen LogP contribution is 2.33. The number of para-hydroxylation sites is 2. The summed E-state index contributed by atoms with van der Waals surface area (Å²) >= 11 is 0. The summed E-state index contributed by atoms with van der Waals surface area (Å²) in [6.45, 7) is 4.44. The van der Waals surface area contributed by atoms with Gasteiger partial charge in [0, 0.05) is 19.1 Å². The van der Waals surface area contributed by atoms with E-state index in [0.717, 1.165) is 24.4 Å². The number of fused-ring (bicyclic) bond motifs is 2. The van der Waals surface area contributed by atoms with Crippen LogP contribution in [0.4, 0.5) is 0 Å². The molecule has 5 rings (SSSR count). The Labute approximate surface area is 136 Å². The SMILES string of the molecule is Cc1nc2ccccc2n1C1CN(C2Cc3ccccc3C2)C1. The predicted molar refractivity (Wildman–Crippen MR) is 92.7 cm³/mol. The molecule has 2 aliphatic rings. The fourth-order valence-electron chi connectivity index (χ4n) is 4.37. The van der Waals surface area contributed by atoms with Crippen LogP contribution in [0.15, 0.2) is 48.5 Å². The first-order valence-electron chi connectivity index (χ1n) is 8.54. The molecule has 1 aromatic heterocycles. The van der Waals surface area contributed by atoms with E-state index < -0.39 is 0 Å². The molecule has 2 aromatic carbocycles. The van der Waals surface area contributed by atoms with E-state index in [-0.39, 0.29) is 0 Å². The lowest BCUT2D eigenvalue weighted by Crippen LogP contribution is -2.53. The van der Waals surface area contributed by atoms with Gasteiger partial charge in [-0.1, -0.05) is 36.4 Å². The molecule has 3 heteroatoms. The fraction of sp³-hybridized carbons (Fsp3) is 0.350. The van der Waals surface area contributed by atoms with Crippen LogP contribution in [0.3, 0.4) is 0 Å². The Balaban J connectivity index is 1.35. The number of rotatable bonds is 2. The largest absolute Gasteiger partial charge is 0.322 e. The smallest absolute Gasteiger partial charge is 0.107 e. The predicted octanol–water partition coefficient (Wildman–Crippen LogP) is 3.37. The van der Waals surface area contributed by atoms with Crippen LogP contribution in [-0.2, 0) is 12.8 Å². The number of benzene rings is 2. The van der Waals surface area contributed by atoms with Gasteiger partial charge in [-0.05, 0) is 43.0 Å². The quantitative estimate of drug-likeness (QED) is 0.724. The van der Waals surface area contributed by atoms with E-state index in [0.29, 0.717) is 12.1 Å². The maximum atomic E-state index is 4.72. The van der Waals surface area contributed by atoms with Crippen molar-refractivity contribution in [3.05, 3.63) is 65.5 Å². The molecule has 116 valence electrons. The van der Waals surface area contributed by atoms with Crippen LogP contribution in [0.2, 0.25) is 0 Å². The Morgan fingerprint density at radius 1 is 0.870 bits per heavy atom. The third kappa shape index (κ3) is 2.03. The molecule has 0 N–H and O–H groups in total. The first-order chi connectivity index (χ1) is 11.3. The number of hydrogen-bond acceptors (Lipinski definition) is 2. The first kappa shape index (κ1) is 13.3. The van der Waals surface area contributed by atoms with Crippen molar-refractivity contribution in [2.45, 2.75) is 31.8 Å². The van der Waals surface area contributed by atoms with Gasteiger partial charge >= 0.3 is 0 Å². The van der Waals surface area contributed by atoms with E-state index in [9.17, 15) is 0 Å². The second kappa shape index (κ2) is 4.93. The van der Waals surface area contributed by atoms with Gasteiger partial charge in [-0.15, -0.1) is 0 Å². The summed E-state index contributed by atoms with van der Waals surface area (Å²) in [5.74, 6) is 1.14. The molecule has 3 aromatic rings. The van der Waals surface area contributed by atoms with E-state index in [1.165, 1.54) is 18.4 Å². The van der Waals surface area contributed by atoms with Crippen LogP contribution in [0.25, 0.3) is 11.0 Å². The molecule has 23 heavy (non-hydrogen) atoms. The molecule has 0 unspecified atom stereocenters. The van der Waals surface area contributed by atoms with Crippen LogP contribution >= 0.6 is 0 Å². The zero-order chi connectivity index (χ0) is 15.4. The average Bonchev–Trinajstić information content (AvgIpc) is 3.07. The van der Waals surface area contributed by atoms with Crippen molar-refractivity contribution in [3.8, 4) is 0 Å². The Kier molecular flexibility index (Phi) is 2.86. The van der Waals surface area contributed by atoms with E-state index in [2.05, 4.69) is 64.9 Å². The lowest BCUT2D eigenvalue weighted by molar-refractivity contribution is 0.0640. The minimum Gasteiger partial charge on any atom is -0.322 e. The zero-order valence-electron chi connectivity index (χ0n) is 13.4. The molecule has 0 radical (unpaired) electrons. The molecule has 0 spiro atoms. The Hall–Kier alpha value is -2.13. The minimum atomic E-state index is 0.575. The minimum absolute atomic E-state index is 0.575. The molecular formula is C20H21N3. The summed E-state index contributed by atoms with van der Waals surface area (Å²) in [5.41, 5.74) is 5.50. The number of nitrogens with zero attached hydrogens (tertiary/aromatic N) is 3. The Bertz CT molecular complexity index is 848. The van der Waals surface area contributed by atoms with Gasteiger partial charge < -0.3 is 4.57 Å². The number of hydrogen-bond donors (Lipinski definition) is 0. The third-order valence-corrected chi connectivity index (χ3v) is 5.57. The second-order valence-corrected chi connectivity index (χ2v) is 6.96. The van der Waals surface area contributed by atoms with Gasteiger partial charge in [-0.3, -0.25) is 4.90 Å². The molecule has 0 saturated carbocycles. The van der Waals surface area contributed by atoms with Crippen LogP contribution in [0.1, 0.15) is 23.0 Å². The molecular weight excluding hydrogens is 282 g/mol. The Morgan fingerprint density at radius 3 is 2.26 bits per heavy atom. The van der Waals surface area contributed by atoms with Gasteiger partial charge in [0.15, 0.2) is 0 Å².